The topological polar surface area (TPSA) is 103 Å². The molecule has 0 heterocycles. The Morgan fingerprint density at radius 2 is 1.88 bits per heavy atom. The van der Waals surface area contributed by atoms with E-state index >= 15 is 0 Å². The van der Waals surface area contributed by atoms with E-state index < -0.39 is 22.3 Å². The molecular formula is C10H10N2O5. The summed E-state index contributed by atoms with van der Waals surface area (Å²) in [5.74, 6) is -0.760. The van der Waals surface area contributed by atoms with Crippen molar-refractivity contribution in [3.63, 3.8) is 0 Å². The summed E-state index contributed by atoms with van der Waals surface area (Å²) in [5, 5.41) is 21.2. The van der Waals surface area contributed by atoms with Gasteiger partial charge in [0.25, 0.3) is 5.69 Å². The van der Waals surface area contributed by atoms with E-state index in [0.29, 0.717) is 6.29 Å². The summed E-state index contributed by atoms with van der Waals surface area (Å²) in [7, 11) is 0. The Morgan fingerprint density at radius 1 is 1.24 bits per heavy atom. The third-order valence-corrected chi connectivity index (χ3v) is 2.32. The Bertz CT molecular complexity index is 446. The number of carbonyl (C=O) groups is 1. The predicted molar refractivity (Wildman–Crippen MR) is 58.4 cm³/mol. The molecular weight excluding hydrogens is 228 g/mol. The Morgan fingerprint density at radius 3 is 2.41 bits per heavy atom. The Labute approximate surface area is 96.4 Å². The van der Waals surface area contributed by atoms with Gasteiger partial charge in [0, 0.05) is 23.0 Å². The van der Waals surface area contributed by atoms with Gasteiger partial charge in [0.1, 0.15) is 6.29 Å². The van der Waals surface area contributed by atoms with Crippen molar-refractivity contribution in [3.8, 4) is 0 Å². The lowest BCUT2D eigenvalue weighted by molar-refractivity contribution is -0.483. The summed E-state index contributed by atoms with van der Waals surface area (Å²) in [5.41, 5.74) is 0.0301. The molecule has 0 fully saturated rings. The molecule has 1 aromatic rings. The van der Waals surface area contributed by atoms with Gasteiger partial charge in [0.05, 0.1) is 10.8 Å². The molecule has 0 bridgehead atoms. The molecule has 17 heavy (non-hydrogen) atoms. The normalized spacial score (nSPS) is 11.8. The number of nitro groups is 2. The van der Waals surface area contributed by atoms with Crippen molar-refractivity contribution in [1.82, 2.24) is 0 Å². The molecule has 0 amide bonds. The van der Waals surface area contributed by atoms with E-state index in [1.54, 1.807) is 6.07 Å². The van der Waals surface area contributed by atoms with Crippen LogP contribution in [0.5, 0.6) is 0 Å². The van der Waals surface area contributed by atoms with Gasteiger partial charge in [-0.15, -0.1) is 0 Å². The van der Waals surface area contributed by atoms with E-state index in [0.717, 1.165) is 0 Å². The highest BCUT2D eigenvalue weighted by atomic mass is 16.6. The summed E-state index contributed by atoms with van der Waals surface area (Å²) < 4.78 is 0. The van der Waals surface area contributed by atoms with E-state index in [1.165, 1.54) is 18.2 Å². The minimum atomic E-state index is -0.760. The molecule has 0 saturated heterocycles. The monoisotopic (exact) mass is 238 g/mol. The molecule has 0 unspecified atom stereocenters. The summed E-state index contributed by atoms with van der Waals surface area (Å²) in [4.78, 5) is 30.5. The zero-order chi connectivity index (χ0) is 12.8. The fourth-order valence-corrected chi connectivity index (χ4v) is 1.59. The Hall–Kier alpha value is -2.31. The first kappa shape index (κ1) is 12.8. The minimum absolute atomic E-state index is 0.105. The number of aldehydes is 1. The zero-order valence-electron chi connectivity index (χ0n) is 8.81. The molecule has 7 nitrogen and oxygen atoms in total. The van der Waals surface area contributed by atoms with Crippen LogP contribution < -0.4 is 0 Å². The molecule has 1 rings (SSSR count). The highest BCUT2D eigenvalue weighted by Crippen LogP contribution is 2.28. The number of para-hydroxylation sites is 1. The maximum absolute atomic E-state index is 10.8. The number of benzene rings is 1. The quantitative estimate of drug-likeness (QED) is 0.424. The lowest BCUT2D eigenvalue weighted by atomic mass is 9.95. The minimum Gasteiger partial charge on any atom is -0.303 e. The predicted octanol–water partition coefficient (Wildman–Crippen LogP) is 1.54. The number of carbonyl (C=O) groups excluding carboxylic acids is 1. The van der Waals surface area contributed by atoms with Crippen molar-refractivity contribution in [2.45, 2.75) is 12.3 Å². The molecule has 0 aromatic heterocycles. The van der Waals surface area contributed by atoms with Gasteiger partial charge < -0.3 is 4.79 Å². The molecule has 1 aromatic carbocycles. The van der Waals surface area contributed by atoms with Gasteiger partial charge >= 0.3 is 0 Å². The second-order valence-corrected chi connectivity index (χ2v) is 3.43. The molecule has 0 N–H and O–H groups in total. The second-order valence-electron chi connectivity index (χ2n) is 3.43. The van der Waals surface area contributed by atoms with Crippen LogP contribution in [0.1, 0.15) is 17.9 Å². The number of nitrogens with zero attached hydrogens (tertiary/aromatic N) is 2. The van der Waals surface area contributed by atoms with Gasteiger partial charge in [-0.2, -0.15) is 0 Å². The lowest BCUT2D eigenvalue weighted by Crippen LogP contribution is -2.14. The Kier molecular flexibility index (Phi) is 4.27. The van der Waals surface area contributed by atoms with Crippen LogP contribution in [-0.2, 0) is 4.79 Å². The van der Waals surface area contributed by atoms with Gasteiger partial charge in [-0.1, -0.05) is 18.2 Å². The molecule has 0 aliphatic carbocycles. The number of rotatable bonds is 6. The highest BCUT2D eigenvalue weighted by Gasteiger charge is 2.25. The van der Waals surface area contributed by atoms with Crippen LogP contribution in [0.3, 0.4) is 0 Å². The van der Waals surface area contributed by atoms with Gasteiger partial charge in [0.2, 0.25) is 6.54 Å². The molecule has 7 heteroatoms. The molecule has 0 saturated carbocycles. The van der Waals surface area contributed by atoms with Crippen molar-refractivity contribution in [3.05, 3.63) is 50.1 Å². The van der Waals surface area contributed by atoms with Crippen molar-refractivity contribution in [2.75, 3.05) is 6.54 Å². The molecule has 1 atom stereocenters. The van der Waals surface area contributed by atoms with Crippen LogP contribution in [0.25, 0.3) is 0 Å². The second kappa shape index (κ2) is 5.69. The van der Waals surface area contributed by atoms with Crippen molar-refractivity contribution >= 4 is 12.0 Å². The van der Waals surface area contributed by atoms with Gasteiger partial charge in [0.15, 0.2) is 0 Å². The summed E-state index contributed by atoms with van der Waals surface area (Å²) >= 11 is 0. The fourth-order valence-electron chi connectivity index (χ4n) is 1.59. The first-order chi connectivity index (χ1) is 8.06. The van der Waals surface area contributed by atoms with Crippen LogP contribution in [0, 0.1) is 20.2 Å². The molecule has 90 valence electrons. The fraction of sp³-hybridized carbons (Fsp3) is 0.300. The molecule has 0 spiro atoms. The molecule has 0 aliphatic heterocycles. The smallest absolute Gasteiger partial charge is 0.273 e. The summed E-state index contributed by atoms with van der Waals surface area (Å²) in [6.07, 6.45) is 0.427. The van der Waals surface area contributed by atoms with Crippen molar-refractivity contribution in [2.24, 2.45) is 0 Å². The van der Waals surface area contributed by atoms with E-state index in [1.807, 2.05) is 0 Å². The number of hydrogen-bond donors (Lipinski definition) is 0. The maximum atomic E-state index is 10.8. The van der Waals surface area contributed by atoms with E-state index in [9.17, 15) is 25.0 Å². The van der Waals surface area contributed by atoms with E-state index in [2.05, 4.69) is 0 Å². The average Bonchev–Trinajstić information content (AvgIpc) is 2.28. The third-order valence-electron chi connectivity index (χ3n) is 2.32. The van der Waals surface area contributed by atoms with Gasteiger partial charge in [-0.05, 0) is 0 Å². The molecule has 0 radical (unpaired) electrons. The largest absolute Gasteiger partial charge is 0.303 e. The van der Waals surface area contributed by atoms with E-state index in [-0.39, 0.29) is 17.7 Å². The maximum Gasteiger partial charge on any atom is 0.273 e. The zero-order valence-corrected chi connectivity index (χ0v) is 8.81. The number of nitro benzene ring substituents is 1. The van der Waals surface area contributed by atoms with Gasteiger partial charge in [-0.3, -0.25) is 20.2 Å². The van der Waals surface area contributed by atoms with Crippen molar-refractivity contribution < 1.29 is 14.6 Å². The lowest BCUT2D eigenvalue weighted by Gasteiger charge is -2.09. The van der Waals surface area contributed by atoms with E-state index in [4.69, 9.17) is 0 Å². The number of hydrogen-bond acceptors (Lipinski definition) is 5. The summed E-state index contributed by atoms with van der Waals surface area (Å²) in [6, 6.07) is 5.74. The van der Waals surface area contributed by atoms with Crippen LogP contribution in [0.2, 0.25) is 0 Å². The average molecular weight is 238 g/mol. The first-order valence-electron chi connectivity index (χ1n) is 4.85. The SMILES string of the molecule is O=CC[C@@H](C[N+](=O)[O-])c1ccccc1[N+](=O)[O-]. The first-order valence-corrected chi connectivity index (χ1v) is 4.85. The van der Waals surface area contributed by atoms with Crippen LogP contribution >= 0.6 is 0 Å². The summed E-state index contributed by atoms with van der Waals surface area (Å²) in [6.45, 7) is -0.496. The third kappa shape index (κ3) is 3.33. The van der Waals surface area contributed by atoms with Gasteiger partial charge in [-0.25, -0.2) is 0 Å². The molecule has 0 aliphatic rings. The van der Waals surface area contributed by atoms with Crippen LogP contribution in [-0.4, -0.2) is 22.7 Å². The highest BCUT2D eigenvalue weighted by molar-refractivity contribution is 5.54. The standard InChI is InChI=1S/C10H10N2O5/c13-6-5-8(7-11(14)15)9-3-1-2-4-10(9)12(16)17/h1-4,6,8H,5,7H2/t8-/m0/s1. The Balaban J connectivity index is 3.12. The van der Waals surface area contributed by atoms with Crippen molar-refractivity contribution in [1.29, 1.82) is 0 Å². The van der Waals surface area contributed by atoms with Crippen LogP contribution in [0.4, 0.5) is 5.69 Å². The van der Waals surface area contributed by atoms with Crippen LogP contribution in [0.15, 0.2) is 24.3 Å².